The average Bonchev–Trinajstić information content (AvgIpc) is 2.60. The molecule has 1 saturated carbocycles. The van der Waals surface area contributed by atoms with Gasteiger partial charge in [0.25, 0.3) is 5.56 Å². The van der Waals surface area contributed by atoms with E-state index in [1.165, 1.54) is 11.8 Å². The third-order valence-corrected chi connectivity index (χ3v) is 6.41. The summed E-state index contributed by atoms with van der Waals surface area (Å²) in [6.45, 7) is 2.81. The average molecular weight is 423 g/mol. The largest absolute Gasteiger partial charge is 0.298 e. The van der Waals surface area contributed by atoms with E-state index in [2.05, 4.69) is 22.9 Å². The van der Waals surface area contributed by atoms with Crippen LogP contribution in [0.2, 0.25) is 0 Å². The van der Waals surface area contributed by atoms with E-state index in [-0.39, 0.29) is 10.8 Å². The Morgan fingerprint density at radius 2 is 2.12 bits per heavy atom. The molecule has 0 N–H and O–H groups in total. The van der Waals surface area contributed by atoms with Crippen LogP contribution in [0.3, 0.4) is 0 Å². The molecule has 2 aromatic rings. The van der Waals surface area contributed by atoms with Crippen molar-refractivity contribution in [3.63, 3.8) is 0 Å². The van der Waals surface area contributed by atoms with Crippen molar-refractivity contribution in [2.45, 2.75) is 68.8 Å². The fourth-order valence-electron chi connectivity index (χ4n) is 3.18. The van der Waals surface area contributed by atoms with Gasteiger partial charge in [0, 0.05) is 17.4 Å². The molecule has 0 saturated heterocycles. The third kappa shape index (κ3) is 4.34. The van der Waals surface area contributed by atoms with Gasteiger partial charge < -0.3 is 0 Å². The van der Waals surface area contributed by atoms with Crippen molar-refractivity contribution in [1.29, 1.82) is 0 Å². The van der Waals surface area contributed by atoms with Gasteiger partial charge in [-0.1, -0.05) is 53.9 Å². The summed E-state index contributed by atoms with van der Waals surface area (Å²) in [4.78, 5) is 30.0. The van der Waals surface area contributed by atoms with Gasteiger partial charge in [0.1, 0.15) is 5.78 Å². The topological polar surface area (TPSA) is 52.0 Å². The van der Waals surface area contributed by atoms with Gasteiger partial charge in [-0.2, -0.15) is 0 Å². The van der Waals surface area contributed by atoms with Gasteiger partial charge in [-0.3, -0.25) is 14.2 Å². The van der Waals surface area contributed by atoms with Crippen LogP contribution in [0.5, 0.6) is 0 Å². The summed E-state index contributed by atoms with van der Waals surface area (Å²) in [6, 6.07) is 5.60. The maximum absolute atomic E-state index is 13.0. The van der Waals surface area contributed by atoms with Gasteiger partial charge >= 0.3 is 0 Å². The van der Waals surface area contributed by atoms with E-state index < -0.39 is 0 Å². The summed E-state index contributed by atoms with van der Waals surface area (Å²) in [5, 5.41) is 1.26. The fourth-order valence-corrected chi connectivity index (χ4v) is 4.78. The second-order valence-corrected chi connectivity index (χ2v) is 8.62. The maximum atomic E-state index is 13.0. The first-order valence-corrected chi connectivity index (χ1v) is 10.7. The molecule has 1 heterocycles. The Kier molecular flexibility index (Phi) is 6.34. The minimum absolute atomic E-state index is 0.00633. The summed E-state index contributed by atoms with van der Waals surface area (Å²) in [5.41, 5.74) is 0.693. The standard InChI is InChI=1S/C19H23BrN2O2S/c1-2-3-6-11-22-18(24)14-12-13(20)9-10-15(14)21-19(22)25-17-8-5-4-7-16(17)23/h9-10,12,17H,2-8,11H2,1H3. The van der Waals surface area contributed by atoms with Crippen LogP contribution in [0.15, 0.2) is 32.6 Å². The van der Waals surface area contributed by atoms with E-state index in [0.717, 1.165) is 43.0 Å². The van der Waals surface area contributed by atoms with E-state index in [0.29, 0.717) is 34.8 Å². The zero-order valence-corrected chi connectivity index (χ0v) is 16.9. The minimum Gasteiger partial charge on any atom is -0.298 e. The van der Waals surface area contributed by atoms with Crippen LogP contribution >= 0.6 is 27.7 Å². The van der Waals surface area contributed by atoms with Gasteiger partial charge in [-0.15, -0.1) is 0 Å². The lowest BCUT2D eigenvalue weighted by atomic mass is 9.99. The number of fused-ring (bicyclic) bond motifs is 1. The number of benzene rings is 1. The predicted molar refractivity (Wildman–Crippen MR) is 106 cm³/mol. The molecule has 1 atom stereocenters. The molecule has 1 aromatic carbocycles. The highest BCUT2D eigenvalue weighted by Crippen LogP contribution is 2.31. The molecule has 1 aliphatic rings. The Hall–Kier alpha value is -1.14. The van der Waals surface area contributed by atoms with Crippen molar-refractivity contribution < 1.29 is 4.79 Å². The van der Waals surface area contributed by atoms with Gasteiger partial charge in [0.15, 0.2) is 5.16 Å². The first kappa shape index (κ1) is 18.6. The number of nitrogens with zero attached hydrogens (tertiary/aromatic N) is 2. The summed E-state index contributed by atoms with van der Waals surface area (Å²) < 4.78 is 2.65. The van der Waals surface area contributed by atoms with Crippen LogP contribution in [0.1, 0.15) is 51.9 Å². The lowest BCUT2D eigenvalue weighted by Crippen LogP contribution is -2.27. The summed E-state index contributed by atoms with van der Waals surface area (Å²) in [5.74, 6) is 0.293. The molecule has 1 unspecified atom stereocenters. The number of Topliss-reactive ketones (excluding diaryl/α,β-unsaturated/α-hetero) is 1. The number of unbranched alkanes of at least 4 members (excludes halogenated alkanes) is 2. The number of carbonyl (C=O) groups is 1. The second-order valence-electron chi connectivity index (χ2n) is 6.54. The predicted octanol–water partition coefficient (Wildman–Crippen LogP) is 4.95. The Labute approximate surface area is 160 Å². The molecule has 25 heavy (non-hydrogen) atoms. The molecule has 3 rings (SSSR count). The van der Waals surface area contributed by atoms with Crippen molar-refractivity contribution in [2.24, 2.45) is 0 Å². The Morgan fingerprint density at radius 1 is 1.28 bits per heavy atom. The smallest absolute Gasteiger partial charge is 0.262 e. The molecular weight excluding hydrogens is 400 g/mol. The molecule has 0 radical (unpaired) electrons. The fraction of sp³-hybridized carbons (Fsp3) is 0.526. The summed E-state index contributed by atoms with van der Waals surface area (Å²) >= 11 is 4.92. The van der Waals surface area contributed by atoms with Crippen molar-refractivity contribution in [3.05, 3.63) is 33.0 Å². The molecule has 0 amide bonds. The molecule has 0 aliphatic heterocycles. The van der Waals surface area contributed by atoms with Gasteiger partial charge in [0.05, 0.1) is 16.2 Å². The van der Waals surface area contributed by atoms with E-state index >= 15 is 0 Å². The van der Waals surface area contributed by atoms with Crippen molar-refractivity contribution in [1.82, 2.24) is 9.55 Å². The molecular formula is C19H23BrN2O2S. The van der Waals surface area contributed by atoms with Crippen LogP contribution in [-0.2, 0) is 11.3 Å². The maximum Gasteiger partial charge on any atom is 0.262 e. The Bertz CT molecular complexity index is 834. The number of aromatic nitrogens is 2. The van der Waals surface area contributed by atoms with Gasteiger partial charge in [0.2, 0.25) is 0 Å². The van der Waals surface area contributed by atoms with E-state index in [1.54, 1.807) is 4.57 Å². The Balaban J connectivity index is 2.01. The zero-order valence-electron chi connectivity index (χ0n) is 14.5. The second kappa shape index (κ2) is 8.49. The third-order valence-electron chi connectivity index (χ3n) is 4.61. The normalized spacial score (nSPS) is 18.0. The van der Waals surface area contributed by atoms with Crippen LogP contribution in [0.4, 0.5) is 0 Å². The zero-order chi connectivity index (χ0) is 17.8. The number of hydrogen-bond acceptors (Lipinski definition) is 4. The Morgan fingerprint density at radius 3 is 2.88 bits per heavy atom. The first-order chi connectivity index (χ1) is 12.1. The molecule has 0 bridgehead atoms. The van der Waals surface area contributed by atoms with E-state index in [1.807, 2.05) is 18.2 Å². The first-order valence-electron chi connectivity index (χ1n) is 8.99. The van der Waals surface area contributed by atoms with E-state index in [9.17, 15) is 9.59 Å². The highest BCUT2D eigenvalue weighted by Gasteiger charge is 2.25. The molecule has 4 nitrogen and oxygen atoms in total. The molecule has 1 aromatic heterocycles. The summed E-state index contributed by atoms with van der Waals surface area (Å²) in [6.07, 6.45) is 6.72. The number of halogens is 1. The van der Waals surface area contributed by atoms with Crippen LogP contribution in [-0.4, -0.2) is 20.6 Å². The number of carbonyl (C=O) groups excluding carboxylic acids is 1. The number of rotatable bonds is 6. The van der Waals surface area contributed by atoms with Gasteiger partial charge in [-0.25, -0.2) is 4.98 Å². The van der Waals surface area contributed by atoms with Gasteiger partial charge in [-0.05, 0) is 37.5 Å². The highest BCUT2D eigenvalue weighted by atomic mass is 79.9. The lowest BCUT2D eigenvalue weighted by molar-refractivity contribution is -0.119. The van der Waals surface area contributed by atoms with Crippen molar-refractivity contribution in [3.8, 4) is 0 Å². The summed E-state index contributed by atoms with van der Waals surface area (Å²) in [7, 11) is 0. The van der Waals surface area contributed by atoms with E-state index in [4.69, 9.17) is 4.98 Å². The molecule has 0 spiro atoms. The molecule has 1 aliphatic carbocycles. The lowest BCUT2D eigenvalue weighted by Gasteiger charge is -2.21. The van der Waals surface area contributed by atoms with Crippen LogP contribution in [0.25, 0.3) is 10.9 Å². The quantitative estimate of drug-likeness (QED) is 0.487. The number of ketones is 1. The molecule has 134 valence electrons. The monoisotopic (exact) mass is 422 g/mol. The molecule has 6 heteroatoms. The SMILES string of the molecule is CCCCCn1c(SC2CCCCC2=O)nc2ccc(Br)cc2c1=O. The van der Waals surface area contributed by atoms with Crippen molar-refractivity contribution >= 4 is 44.4 Å². The number of hydrogen-bond donors (Lipinski definition) is 0. The van der Waals surface area contributed by atoms with Crippen LogP contribution in [0, 0.1) is 0 Å². The highest BCUT2D eigenvalue weighted by molar-refractivity contribution is 9.10. The van der Waals surface area contributed by atoms with Crippen molar-refractivity contribution in [2.75, 3.05) is 0 Å². The van der Waals surface area contributed by atoms with Crippen LogP contribution < -0.4 is 5.56 Å². The minimum atomic E-state index is -0.0639. The molecule has 1 fully saturated rings. The number of thioether (sulfide) groups is 1.